The van der Waals surface area contributed by atoms with Gasteiger partial charge in [-0.15, -0.1) is 10.2 Å². The van der Waals surface area contributed by atoms with Gasteiger partial charge in [-0.05, 0) is 50.6 Å². The number of anilines is 1. The quantitative estimate of drug-likeness (QED) is 0.319. The lowest BCUT2D eigenvalue weighted by Gasteiger charge is -2.16. The maximum Gasteiger partial charge on any atom is 0.236 e. The molecule has 10 heteroatoms. The summed E-state index contributed by atoms with van der Waals surface area (Å²) in [4.78, 5) is 16.9. The Bertz CT molecular complexity index is 1220. The van der Waals surface area contributed by atoms with Gasteiger partial charge in [0.05, 0.1) is 21.0 Å². The van der Waals surface area contributed by atoms with Gasteiger partial charge in [0.1, 0.15) is 5.75 Å². The first-order valence-electron chi connectivity index (χ1n) is 10.1. The van der Waals surface area contributed by atoms with E-state index in [-0.39, 0.29) is 17.8 Å². The largest absolute Gasteiger partial charge is 0.481 e. The van der Waals surface area contributed by atoms with E-state index >= 15 is 0 Å². The first-order chi connectivity index (χ1) is 15.4. The standard InChI is InChI=1S/C22H22ClN5O2S2/c1-4-28-20(14(3)30-17-11-13(2)9-10-15(17)23)26-27-22(28)31-12-19(29)25-21-24-16-7-5-6-8-18(16)32-21/h5-11,14H,4,12H2,1-3H3,(H,24,25,29). The number of hydrogen-bond donors (Lipinski definition) is 1. The van der Waals surface area contributed by atoms with Gasteiger partial charge in [0, 0.05) is 6.54 Å². The monoisotopic (exact) mass is 487 g/mol. The molecule has 1 atom stereocenters. The highest BCUT2D eigenvalue weighted by molar-refractivity contribution is 7.99. The third kappa shape index (κ3) is 5.06. The average Bonchev–Trinajstić information content (AvgIpc) is 3.37. The van der Waals surface area contributed by atoms with Crippen molar-refractivity contribution in [2.45, 2.75) is 38.6 Å². The summed E-state index contributed by atoms with van der Waals surface area (Å²) in [5.74, 6) is 1.35. The summed E-state index contributed by atoms with van der Waals surface area (Å²) in [5, 5.41) is 13.2. The lowest BCUT2D eigenvalue weighted by atomic mass is 10.2. The zero-order valence-electron chi connectivity index (χ0n) is 17.8. The molecule has 4 rings (SSSR count). The Morgan fingerprint density at radius 1 is 1.28 bits per heavy atom. The number of thiazole rings is 1. The Kier molecular flexibility index (Phi) is 6.98. The minimum Gasteiger partial charge on any atom is -0.481 e. The average molecular weight is 488 g/mol. The van der Waals surface area contributed by atoms with Gasteiger partial charge in [-0.25, -0.2) is 4.98 Å². The fourth-order valence-electron chi connectivity index (χ4n) is 3.16. The Morgan fingerprint density at radius 2 is 2.09 bits per heavy atom. The molecule has 0 saturated carbocycles. The minimum atomic E-state index is -0.354. The van der Waals surface area contributed by atoms with Crippen LogP contribution < -0.4 is 10.1 Å². The summed E-state index contributed by atoms with van der Waals surface area (Å²) in [5.41, 5.74) is 1.93. The van der Waals surface area contributed by atoms with Crippen LogP contribution in [0.4, 0.5) is 5.13 Å². The van der Waals surface area contributed by atoms with E-state index in [9.17, 15) is 4.79 Å². The molecule has 32 heavy (non-hydrogen) atoms. The van der Waals surface area contributed by atoms with Gasteiger partial charge in [-0.1, -0.05) is 52.9 Å². The first kappa shape index (κ1) is 22.6. The van der Waals surface area contributed by atoms with Crippen molar-refractivity contribution in [3.8, 4) is 5.75 Å². The summed E-state index contributed by atoms with van der Waals surface area (Å²) in [6, 6.07) is 13.4. The molecule has 0 aliphatic carbocycles. The number of fused-ring (bicyclic) bond motifs is 1. The summed E-state index contributed by atoms with van der Waals surface area (Å²) >= 11 is 9.04. The van der Waals surface area contributed by atoms with Crippen LogP contribution in [0.25, 0.3) is 10.2 Å². The van der Waals surface area contributed by atoms with Gasteiger partial charge in [0.2, 0.25) is 5.91 Å². The van der Waals surface area contributed by atoms with Crippen LogP contribution in [0, 0.1) is 6.92 Å². The van der Waals surface area contributed by atoms with E-state index in [2.05, 4.69) is 20.5 Å². The Morgan fingerprint density at radius 3 is 2.88 bits per heavy atom. The third-order valence-corrected chi connectivity index (χ3v) is 6.92. The Hall–Kier alpha value is -2.62. The van der Waals surface area contributed by atoms with Crippen LogP contribution in [0.3, 0.4) is 0 Å². The molecule has 4 aromatic rings. The highest BCUT2D eigenvalue weighted by Crippen LogP contribution is 2.31. The number of carbonyl (C=O) groups excluding carboxylic acids is 1. The van der Waals surface area contributed by atoms with Gasteiger partial charge < -0.3 is 14.6 Å². The number of amides is 1. The molecule has 1 unspecified atom stereocenters. The Labute approximate surface area is 199 Å². The van der Waals surface area contributed by atoms with Gasteiger partial charge in [0.15, 0.2) is 22.2 Å². The number of nitrogens with one attached hydrogen (secondary N) is 1. The third-order valence-electron chi connectivity index (χ3n) is 4.69. The van der Waals surface area contributed by atoms with Crippen LogP contribution in [0.1, 0.15) is 31.3 Å². The molecule has 166 valence electrons. The fourth-order valence-corrected chi connectivity index (χ4v) is 5.01. The van der Waals surface area contributed by atoms with E-state index in [0.29, 0.717) is 33.4 Å². The maximum atomic E-state index is 12.5. The summed E-state index contributed by atoms with van der Waals surface area (Å²) < 4.78 is 9.03. The molecule has 1 amide bonds. The van der Waals surface area contributed by atoms with Crippen molar-refractivity contribution in [2.75, 3.05) is 11.1 Å². The fraction of sp³-hybridized carbons (Fsp3) is 0.273. The normalized spacial score (nSPS) is 12.1. The molecule has 0 radical (unpaired) electrons. The number of nitrogens with zero attached hydrogens (tertiary/aromatic N) is 4. The van der Waals surface area contributed by atoms with Gasteiger partial charge in [-0.2, -0.15) is 0 Å². The summed E-state index contributed by atoms with van der Waals surface area (Å²) in [6.45, 7) is 6.55. The molecule has 0 fully saturated rings. The zero-order valence-corrected chi connectivity index (χ0v) is 20.2. The number of ether oxygens (including phenoxy) is 1. The van der Waals surface area contributed by atoms with Crippen LogP contribution in [0.2, 0.25) is 5.02 Å². The van der Waals surface area contributed by atoms with Crippen molar-refractivity contribution in [3.63, 3.8) is 0 Å². The van der Waals surface area contributed by atoms with Crippen LogP contribution in [0.15, 0.2) is 47.6 Å². The van der Waals surface area contributed by atoms with Crippen molar-refractivity contribution in [1.29, 1.82) is 0 Å². The van der Waals surface area contributed by atoms with Crippen LogP contribution in [-0.4, -0.2) is 31.4 Å². The number of hydrogen-bond acceptors (Lipinski definition) is 7. The number of aromatic nitrogens is 4. The second-order valence-electron chi connectivity index (χ2n) is 7.10. The van der Waals surface area contributed by atoms with E-state index in [1.54, 1.807) is 0 Å². The molecular weight excluding hydrogens is 466 g/mol. The van der Waals surface area contributed by atoms with E-state index < -0.39 is 0 Å². The first-order valence-corrected chi connectivity index (χ1v) is 12.3. The van der Waals surface area contributed by atoms with E-state index in [4.69, 9.17) is 16.3 Å². The zero-order chi connectivity index (χ0) is 22.7. The van der Waals surface area contributed by atoms with Crippen molar-refractivity contribution in [1.82, 2.24) is 19.7 Å². The van der Waals surface area contributed by atoms with Crippen molar-refractivity contribution in [2.24, 2.45) is 0 Å². The molecular formula is C22H22ClN5O2S2. The molecule has 0 bridgehead atoms. The van der Waals surface area contributed by atoms with Crippen molar-refractivity contribution < 1.29 is 9.53 Å². The number of para-hydroxylation sites is 1. The van der Waals surface area contributed by atoms with Gasteiger partial charge in [0.25, 0.3) is 0 Å². The number of benzene rings is 2. The van der Waals surface area contributed by atoms with Gasteiger partial charge >= 0.3 is 0 Å². The smallest absolute Gasteiger partial charge is 0.236 e. The molecule has 0 aliphatic heterocycles. The number of halogens is 1. The van der Waals surface area contributed by atoms with Crippen LogP contribution in [-0.2, 0) is 11.3 Å². The summed E-state index contributed by atoms with van der Waals surface area (Å²) in [6.07, 6.45) is -0.354. The van der Waals surface area contributed by atoms with Crippen LogP contribution >= 0.6 is 34.7 Å². The molecule has 0 saturated heterocycles. The molecule has 7 nitrogen and oxygen atoms in total. The van der Waals surface area contributed by atoms with E-state index in [1.165, 1.54) is 23.1 Å². The Balaban J connectivity index is 1.41. The molecule has 1 N–H and O–H groups in total. The highest BCUT2D eigenvalue weighted by atomic mass is 35.5. The molecule has 2 aromatic carbocycles. The topological polar surface area (TPSA) is 81.9 Å². The number of carbonyl (C=O) groups is 1. The van der Waals surface area contributed by atoms with Gasteiger partial charge in [-0.3, -0.25) is 4.79 Å². The molecule has 0 aliphatic rings. The SMILES string of the molecule is CCn1c(SCC(=O)Nc2nc3ccccc3s2)nnc1C(C)Oc1cc(C)ccc1Cl. The van der Waals surface area contributed by atoms with E-state index in [1.807, 2.05) is 67.8 Å². The predicted molar refractivity (Wildman–Crippen MR) is 130 cm³/mol. The van der Waals surface area contributed by atoms with E-state index in [0.717, 1.165) is 15.8 Å². The minimum absolute atomic E-state index is 0.142. The number of rotatable bonds is 8. The highest BCUT2D eigenvalue weighted by Gasteiger charge is 2.20. The molecule has 2 heterocycles. The maximum absolute atomic E-state index is 12.5. The lowest BCUT2D eigenvalue weighted by Crippen LogP contribution is -2.15. The predicted octanol–water partition coefficient (Wildman–Crippen LogP) is 5.74. The van der Waals surface area contributed by atoms with Crippen molar-refractivity contribution >= 4 is 56.0 Å². The summed E-state index contributed by atoms with van der Waals surface area (Å²) in [7, 11) is 0. The molecule has 2 aromatic heterocycles. The van der Waals surface area contributed by atoms with Crippen molar-refractivity contribution in [3.05, 3.63) is 58.9 Å². The molecule has 0 spiro atoms. The second-order valence-corrected chi connectivity index (χ2v) is 9.48. The number of aryl methyl sites for hydroxylation is 1. The number of thioether (sulfide) groups is 1. The van der Waals surface area contributed by atoms with Crippen LogP contribution in [0.5, 0.6) is 5.75 Å². The second kappa shape index (κ2) is 9.89. The lowest BCUT2D eigenvalue weighted by molar-refractivity contribution is -0.113.